The molecule has 3 aliphatic carbocycles. The van der Waals surface area contributed by atoms with Gasteiger partial charge in [0.25, 0.3) is 0 Å². The molecule has 0 aliphatic heterocycles. The molecule has 3 aliphatic rings. The molecule has 2 aromatic heterocycles. The minimum absolute atomic E-state index is 0.122. The average Bonchev–Trinajstić information content (AvgIpc) is 4.11. The zero-order valence-electron chi connectivity index (χ0n) is 41.4. The second kappa shape index (κ2) is 13.8. The molecule has 0 amide bonds. The normalized spacial score (nSPS) is 15.6. The van der Waals surface area contributed by atoms with Gasteiger partial charge < -0.3 is 13.7 Å². The maximum Gasteiger partial charge on any atom is 0.144 e. The molecule has 14 rings (SSSR count). The molecule has 0 radical (unpaired) electrons. The number of anilines is 3. The van der Waals surface area contributed by atoms with Gasteiger partial charge in [-0.05, 0) is 126 Å². The molecule has 0 saturated heterocycles. The predicted molar refractivity (Wildman–Crippen MR) is 293 cm³/mol. The summed E-state index contributed by atoms with van der Waals surface area (Å²) in [5.41, 5.74) is 25.7. The summed E-state index contributed by atoms with van der Waals surface area (Å²) in [6.07, 6.45) is 0. The Morgan fingerprint density at radius 1 is 0.400 bits per heavy atom. The highest BCUT2D eigenvalue weighted by molar-refractivity contribution is 6.21. The van der Waals surface area contributed by atoms with Gasteiger partial charge in [0.2, 0.25) is 0 Å². The molecular formula is C67H55NO2. The van der Waals surface area contributed by atoms with Crippen molar-refractivity contribution in [2.24, 2.45) is 0 Å². The van der Waals surface area contributed by atoms with Crippen LogP contribution in [0.5, 0.6) is 0 Å². The van der Waals surface area contributed by atoms with Crippen LogP contribution in [0.3, 0.4) is 0 Å². The van der Waals surface area contributed by atoms with E-state index in [-0.39, 0.29) is 21.7 Å². The molecular weight excluding hydrogens is 851 g/mol. The van der Waals surface area contributed by atoms with Crippen LogP contribution in [-0.4, -0.2) is 0 Å². The number of hydrogen-bond acceptors (Lipinski definition) is 3. The van der Waals surface area contributed by atoms with E-state index in [1.54, 1.807) is 0 Å². The number of rotatable bonds is 4. The van der Waals surface area contributed by atoms with Crippen LogP contribution in [0.25, 0.3) is 88.4 Å². The minimum atomic E-state index is -0.344. The molecule has 0 saturated carbocycles. The SMILES string of the molecule is CC(C)(C)c1ccccc1N(c1ccc2c(c1)C(C)(C)c1cc(-c3ccccc3)c3oc4ccccc4c3c1-2)c1ccc2c(c1)C(C)(C)c1c3c(c4c(oc5ccccc54)c1-2)-c1ccccc1C3(C)C. The van der Waals surface area contributed by atoms with E-state index in [1.807, 2.05) is 0 Å². The molecule has 2 heterocycles. The third kappa shape index (κ3) is 5.30. The summed E-state index contributed by atoms with van der Waals surface area (Å²) < 4.78 is 13.9. The summed E-state index contributed by atoms with van der Waals surface area (Å²) in [6.45, 7) is 21.6. The Balaban J connectivity index is 1.01. The monoisotopic (exact) mass is 905 g/mol. The van der Waals surface area contributed by atoms with E-state index in [0.717, 1.165) is 50.2 Å². The molecule has 70 heavy (non-hydrogen) atoms. The Morgan fingerprint density at radius 3 is 1.60 bits per heavy atom. The van der Waals surface area contributed by atoms with Crippen molar-refractivity contribution in [3.63, 3.8) is 0 Å². The van der Waals surface area contributed by atoms with Gasteiger partial charge >= 0.3 is 0 Å². The smallest absolute Gasteiger partial charge is 0.144 e. The van der Waals surface area contributed by atoms with Crippen molar-refractivity contribution in [1.29, 1.82) is 0 Å². The highest BCUT2D eigenvalue weighted by Crippen LogP contribution is 2.64. The largest absolute Gasteiger partial charge is 0.455 e. The molecule has 0 unspecified atom stereocenters. The van der Waals surface area contributed by atoms with E-state index in [0.29, 0.717) is 0 Å². The fourth-order valence-corrected chi connectivity index (χ4v) is 13.4. The Labute approximate surface area is 410 Å². The average molecular weight is 906 g/mol. The first-order valence-corrected chi connectivity index (χ1v) is 25.0. The number of furan rings is 2. The number of benzene rings is 9. The van der Waals surface area contributed by atoms with Crippen LogP contribution in [0.15, 0.2) is 179 Å². The lowest BCUT2D eigenvalue weighted by Crippen LogP contribution is -2.24. The van der Waals surface area contributed by atoms with E-state index < -0.39 is 0 Å². The second-order valence-corrected chi connectivity index (χ2v) is 22.8. The molecule has 0 atom stereocenters. The predicted octanol–water partition coefficient (Wildman–Crippen LogP) is 18.8. The molecule has 0 bridgehead atoms. The lowest BCUT2D eigenvalue weighted by molar-refractivity contribution is 0.591. The van der Waals surface area contributed by atoms with Crippen LogP contribution < -0.4 is 4.90 Å². The van der Waals surface area contributed by atoms with Crippen molar-refractivity contribution >= 4 is 60.9 Å². The number of para-hydroxylation sites is 3. The molecule has 0 spiro atoms. The topological polar surface area (TPSA) is 29.5 Å². The Bertz CT molecular complexity index is 4070. The quantitative estimate of drug-likeness (QED) is 0.176. The van der Waals surface area contributed by atoms with Crippen molar-refractivity contribution in [3.8, 4) is 44.5 Å². The molecule has 0 fully saturated rings. The van der Waals surface area contributed by atoms with Crippen LogP contribution in [-0.2, 0) is 21.7 Å². The Kier molecular flexibility index (Phi) is 8.15. The highest BCUT2D eigenvalue weighted by Gasteiger charge is 2.49. The van der Waals surface area contributed by atoms with Crippen LogP contribution in [0.4, 0.5) is 17.1 Å². The number of nitrogens with zero attached hydrogens (tertiary/aromatic N) is 1. The summed E-state index contributed by atoms with van der Waals surface area (Å²) in [7, 11) is 0. The van der Waals surface area contributed by atoms with Gasteiger partial charge in [0, 0.05) is 66.0 Å². The zero-order chi connectivity index (χ0) is 47.8. The summed E-state index contributed by atoms with van der Waals surface area (Å²) in [6, 6.07) is 62.9. The molecule has 340 valence electrons. The minimum Gasteiger partial charge on any atom is -0.455 e. The van der Waals surface area contributed by atoms with Gasteiger partial charge in [0.05, 0.1) is 0 Å². The number of hydrogen-bond donors (Lipinski definition) is 0. The van der Waals surface area contributed by atoms with Gasteiger partial charge in [0.15, 0.2) is 0 Å². The zero-order valence-corrected chi connectivity index (χ0v) is 41.4. The third-order valence-corrected chi connectivity index (χ3v) is 16.7. The van der Waals surface area contributed by atoms with E-state index in [1.165, 1.54) is 94.2 Å². The third-order valence-electron chi connectivity index (χ3n) is 16.7. The molecule has 0 N–H and O–H groups in total. The van der Waals surface area contributed by atoms with Crippen LogP contribution in [0, 0.1) is 0 Å². The van der Waals surface area contributed by atoms with Gasteiger partial charge in [0.1, 0.15) is 22.3 Å². The van der Waals surface area contributed by atoms with Crippen LogP contribution in [0.2, 0.25) is 0 Å². The standard InChI is InChI=1S/C67H55NO2/c1-64(2,3)48-27-17-18-28-52(48)68(39-31-33-42-49(35-39)65(4,5)51-37-46(38-21-11-10-12-22-38)62-57(55(42)51)44-24-14-19-29-53(44)69-62)40-32-34-43-50(36-40)67(8,9)61-59(43)63-58(45-25-15-20-30-54(45)70-63)56-41-23-13-16-26-47(41)66(6,7)60(56)61/h10-37H,1-9H3. The summed E-state index contributed by atoms with van der Waals surface area (Å²) in [5.74, 6) is 0. The molecule has 3 heteroatoms. The summed E-state index contributed by atoms with van der Waals surface area (Å²) in [4.78, 5) is 2.54. The van der Waals surface area contributed by atoms with Gasteiger partial charge in [-0.1, -0.05) is 184 Å². The maximum absolute atomic E-state index is 7.07. The van der Waals surface area contributed by atoms with Gasteiger partial charge in [-0.15, -0.1) is 0 Å². The van der Waals surface area contributed by atoms with Crippen molar-refractivity contribution in [2.75, 3.05) is 4.90 Å². The van der Waals surface area contributed by atoms with E-state index in [9.17, 15) is 0 Å². The molecule has 11 aromatic rings. The van der Waals surface area contributed by atoms with E-state index in [2.05, 4.69) is 237 Å². The van der Waals surface area contributed by atoms with Gasteiger partial charge in [-0.25, -0.2) is 0 Å². The summed E-state index contributed by atoms with van der Waals surface area (Å²) in [5, 5.41) is 4.75. The Morgan fingerprint density at radius 2 is 0.914 bits per heavy atom. The van der Waals surface area contributed by atoms with Crippen molar-refractivity contribution < 1.29 is 8.83 Å². The summed E-state index contributed by atoms with van der Waals surface area (Å²) >= 11 is 0. The molecule has 9 aromatic carbocycles. The van der Waals surface area contributed by atoms with E-state index >= 15 is 0 Å². The molecule has 3 nitrogen and oxygen atoms in total. The van der Waals surface area contributed by atoms with Crippen LogP contribution in [0.1, 0.15) is 101 Å². The highest BCUT2D eigenvalue weighted by atomic mass is 16.3. The number of fused-ring (bicyclic) bond motifs is 19. The first-order chi connectivity index (χ1) is 33.7. The Hall–Kier alpha value is -7.62. The fraction of sp³-hybridized carbons (Fsp3) is 0.194. The second-order valence-electron chi connectivity index (χ2n) is 22.8. The fourth-order valence-electron chi connectivity index (χ4n) is 13.4. The lowest BCUT2D eigenvalue weighted by Gasteiger charge is -2.34. The van der Waals surface area contributed by atoms with Crippen LogP contribution >= 0.6 is 0 Å². The van der Waals surface area contributed by atoms with Crippen molar-refractivity contribution in [3.05, 3.63) is 209 Å². The first-order valence-electron chi connectivity index (χ1n) is 25.0. The van der Waals surface area contributed by atoms with Crippen molar-refractivity contribution in [2.45, 2.75) is 84.0 Å². The first kappa shape index (κ1) is 41.4. The van der Waals surface area contributed by atoms with E-state index in [4.69, 9.17) is 8.83 Å². The van der Waals surface area contributed by atoms with Gasteiger partial charge in [-0.2, -0.15) is 0 Å². The lowest BCUT2D eigenvalue weighted by atomic mass is 9.72. The van der Waals surface area contributed by atoms with Gasteiger partial charge in [-0.3, -0.25) is 0 Å². The van der Waals surface area contributed by atoms with Crippen molar-refractivity contribution in [1.82, 2.24) is 0 Å². The maximum atomic E-state index is 7.07.